The molecule has 0 radical (unpaired) electrons. The van der Waals surface area contributed by atoms with Gasteiger partial charge >= 0.3 is 37.7 Å². The molecule has 0 amide bonds. The van der Waals surface area contributed by atoms with Crippen LogP contribution >= 0.6 is 15.9 Å². The standard InChI is InChI=1S/C42H30O2.C42H28.C18H10O2.C12H9Br.C12H9.C4H9.C2H6.2Li/c43-41(35-23-19-31(20-24-35)29-11-3-1-4-12-29)37-17-9-10-18-38(37)42(44,40-28-34-16-8-7-15-33(34)27-39(40)41)36-25-21-32(22-26-36)30-13-5-2-6-14-30;1-3-11-29(12-4-1)31-19-23-33(24-20-31)41-37-17-9-10-18-38(37)42(40-28-36-16-8-7-15-35(36)27-39(40)41)34-25-21-32(22-26-34)30-13-5-2-6-14-30;19-17-13-7-3-4-8-14(13)18(20)16-10-12-6-2-1-5-11(12)9-15(16)17;13-12-8-6-11(7-9-12)10-4-2-1-3-5-10;1-3-7-11(8-4-1)12-9-5-2-6-10-12;1-3-4-2;1-2;;/h1-28,43-44H;1-28H;1-10H;1-9H;1,3-10H;1,3-4H2,2H3;1-2H3;;/q;;;;2*-1;;2*+1. The third kappa shape index (κ3) is 20.9. The van der Waals surface area contributed by atoms with Crippen molar-refractivity contribution in [1.82, 2.24) is 0 Å². The molecule has 2 atom stereocenters. The van der Waals surface area contributed by atoms with Gasteiger partial charge in [-0.2, -0.15) is 36.8 Å². The first kappa shape index (κ1) is 97.2. The van der Waals surface area contributed by atoms with E-state index in [1.807, 2.05) is 184 Å². The summed E-state index contributed by atoms with van der Waals surface area (Å²) in [6, 6.07) is 177. The van der Waals surface area contributed by atoms with Crippen molar-refractivity contribution < 1.29 is 57.5 Å². The van der Waals surface area contributed by atoms with Crippen molar-refractivity contribution in [3.63, 3.8) is 0 Å². The molecule has 2 aliphatic rings. The molecule has 0 bridgehead atoms. The van der Waals surface area contributed by atoms with E-state index in [4.69, 9.17) is 0 Å². The minimum Gasteiger partial charge on any atom is -0.376 e. The van der Waals surface area contributed by atoms with E-state index < -0.39 is 11.2 Å². The van der Waals surface area contributed by atoms with Crippen molar-refractivity contribution >= 4 is 81.4 Å². The van der Waals surface area contributed by atoms with E-state index in [1.165, 1.54) is 105 Å². The van der Waals surface area contributed by atoms with Gasteiger partial charge in [0.25, 0.3) is 0 Å². The second kappa shape index (κ2) is 45.4. The molecule has 0 spiro atoms. The summed E-state index contributed by atoms with van der Waals surface area (Å²) in [5, 5.41) is 37.6. The van der Waals surface area contributed by atoms with Crippen LogP contribution < -0.4 is 37.7 Å². The number of unbranched alkanes of at least 4 members (excludes halogenated alkanes) is 1. The van der Waals surface area contributed by atoms with Gasteiger partial charge < -0.3 is 17.1 Å². The summed E-state index contributed by atoms with van der Waals surface area (Å²) in [5.74, 6) is -0.137. The molecule has 7 heteroatoms. The Hall–Kier alpha value is -14.9. The number of ketones is 2. The van der Waals surface area contributed by atoms with Crippen LogP contribution in [0.4, 0.5) is 0 Å². The van der Waals surface area contributed by atoms with Gasteiger partial charge in [-0.3, -0.25) is 9.59 Å². The minimum absolute atomic E-state index is 0. The van der Waals surface area contributed by atoms with Gasteiger partial charge in [0.1, 0.15) is 11.2 Å². The first-order valence-corrected chi connectivity index (χ1v) is 47.6. The Morgan fingerprint density at radius 2 is 0.468 bits per heavy atom. The first-order valence-electron chi connectivity index (χ1n) is 46.8. The number of benzene rings is 22. The number of carbonyl (C=O) groups excluding carboxylic acids is 2. The Morgan fingerprint density at radius 3 is 0.763 bits per heavy atom. The van der Waals surface area contributed by atoms with Crippen molar-refractivity contribution in [2.75, 3.05) is 0 Å². The van der Waals surface area contributed by atoms with Crippen LogP contribution in [-0.4, -0.2) is 21.8 Å². The van der Waals surface area contributed by atoms with Crippen LogP contribution in [0.25, 0.3) is 143 Å². The predicted molar refractivity (Wildman–Crippen MR) is 578 cm³/mol. The van der Waals surface area contributed by atoms with Crippen LogP contribution in [0.3, 0.4) is 0 Å². The summed E-state index contributed by atoms with van der Waals surface area (Å²) >= 11 is 3.42. The molecule has 662 valence electrons. The van der Waals surface area contributed by atoms with Gasteiger partial charge in [0.2, 0.25) is 0 Å². The smallest absolute Gasteiger partial charge is 0.376 e. The molecule has 4 nitrogen and oxygen atoms in total. The zero-order valence-electron chi connectivity index (χ0n) is 78.7. The number of hydrogen-bond donors (Lipinski definition) is 2. The van der Waals surface area contributed by atoms with Gasteiger partial charge in [-0.25, -0.2) is 0 Å². The fourth-order valence-electron chi connectivity index (χ4n) is 18.6. The van der Waals surface area contributed by atoms with Gasteiger partial charge in [0, 0.05) is 37.9 Å². The zero-order chi connectivity index (χ0) is 94.0. The predicted octanol–water partition coefficient (Wildman–Crippen LogP) is 28.4. The largest absolute Gasteiger partial charge is 1.00 e. The number of fused-ring (bicyclic) bond motifs is 9. The molecular formula is C132H101BrLi2O4. The molecule has 0 aromatic heterocycles. The summed E-state index contributed by atoms with van der Waals surface area (Å²) in [4.78, 5) is 25.1. The Bertz CT molecular complexity index is 7500. The maximum Gasteiger partial charge on any atom is 1.00 e. The maximum absolute atomic E-state index is 13.0. The van der Waals surface area contributed by atoms with Gasteiger partial charge in [-0.1, -0.05) is 480 Å². The van der Waals surface area contributed by atoms with Crippen molar-refractivity contribution in [1.29, 1.82) is 0 Å². The number of carbonyl (C=O) groups is 2. The van der Waals surface area contributed by atoms with E-state index in [1.54, 1.807) is 24.3 Å². The number of rotatable bonds is 11. The number of halogens is 1. The van der Waals surface area contributed by atoms with Crippen molar-refractivity contribution in [2.45, 2.75) is 44.8 Å². The topological polar surface area (TPSA) is 74.6 Å². The molecule has 22 aromatic rings. The van der Waals surface area contributed by atoms with Crippen LogP contribution in [0.1, 0.15) is 98.8 Å². The summed E-state index contributed by atoms with van der Waals surface area (Å²) in [6.45, 7) is 9.72. The SMILES string of the molecule is Brc1ccc(-c2ccccc2)cc1.CC.O=C1c2ccccc2C(=O)c2cc3ccccc3cc21.OC1(c2ccc(-c3ccccc3)cc2)c2ccccc2C(O)(c2ccc(-c3ccccc3)cc2)c2cc3ccccc3cc21.[CH2-]CCC.[Li+].[Li+].[c-]1ccc(-c2ccccc2)cc1.c1ccc(-c2ccc(-c3c4ccccc4c(-c4ccc(-c5ccccc5)cc4)c4cc5ccccc5cc34)cc2)cc1. The van der Waals surface area contributed by atoms with E-state index >= 15 is 0 Å². The van der Waals surface area contributed by atoms with Crippen molar-refractivity contribution in [3.8, 4) is 89.0 Å². The van der Waals surface area contributed by atoms with Crippen molar-refractivity contribution in [2.24, 2.45) is 0 Å². The Morgan fingerprint density at radius 1 is 0.245 bits per heavy atom. The number of hydrogen-bond acceptors (Lipinski definition) is 4. The molecule has 0 heterocycles. The average Bonchev–Trinajstić information content (AvgIpc) is 0.686. The van der Waals surface area contributed by atoms with Gasteiger partial charge in [-0.15, -0.1) is 5.56 Å². The summed E-state index contributed by atoms with van der Waals surface area (Å²) in [5.41, 5.74) is 22.6. The van der Waals surface area contributed by atoms with Gasteiger partial charge in [0.05, 0.1) is 0 Å². The third-order valence-corrected chi connectivity index (χ3v) is 26.1. The molecule has 0 aliphatic heterocycles. The molecule has 139 heavy (non-hydrogen) atoms. The second-order valence-electron chi connectivity index (χ2n) is 33.9. The molecular weight excluding hydrogens is 1740 g/mol. The molecule has 22 aromatic carbocycles. The monoisotopic (exact) mass is 1840 g/mol. The van der Waals surface area contributed by atoms with E-state index in [2.05, 4.69) is 351 Å². The summed E-state index contributed by atoms with van der Waals surface area (Å²) in [7, 11) is 0. The van der Waals surface area contributed by atoms with Gasteiger partial charge in [-0.05, 0) is 208 Å². The Kier molecular flexibility index (Phi) is 31.7. The van der Waals surface area contributed by atoms with E-state index in [9.17, 15) is 19.8 Å². The summed E-state index contributed by atoms with van der Waals surface area (Å²) < 4.78 is 1.12. The molecule has 0 saturated carbocycles. The molecule has 2 N–H and O–H groups in total. The normalized spacial score (nSPS) is 13.3. The first-order chi connectivity index (χ1) is 67.4. The van der Waals surface area contributed by atoms with Gasteiger partial charge in [0.15, 0.2) is 11.6 Å². The Labute approximate surface area is 848 Å². The molecule has 2 unspecified atom stereocenters. The fraction of sp³-hybridized carbons (Fsp3) is 0.0530. The quantitative estimate of drug-likeness (QED) is 0.0769. The van der Waals surface area contributed by atoms with Crippen LogP contribution in [0, 0.1) is 13.0 Å². The summed E-state index contributed by atoms with van der Waals surface area (Å²) in [6.07, 6.45) is 2.28. The van der Waals surface area contributed by atoms with Crippen LogP contribution in [0.2, 0.25) is 0 Å². The van der Waals surface area contributed by atoms with Crippen LogP contribution in [0.5, 0.6) is 0 Å². The van der Waals surface area contributed by atoms with Crippen LogP contribution in [0.15, 0.2) is 514 Å². The van der Waals surface area contributed by atoms with E-state index in [0.29, 0.717) is 44.5 Å². The maximum atomic E-state index is 13.0. The van der Waals surface area contributed by atoms with Crippen LogP contribution in [-0.2, 0) is 11.2 Å². The molecule has 24 rings (SSSR count). The molecule has 0 fully saturated rings. The molecule has 2 aliphatic carbocycles. The zero-order valence-corrected chi connectivity index (χ0v) is 80.3. The third-order valence-electron chi connectivity index (χ3n) is 25.6. The van der Waals surface area contributed by atoms with E-state index in [0.717, 1.165) is 65.8 Å². The van der Waals surface area contributed by atoms with E-state index in [-0.39, 0.29) is 49.3 Å². The average molecular weight is 1850 g/mol. The Balaban J connectivity index is 0.000000134. The second-order valence-corrected chi connectivity index (χ2v) is 34.8. The fourth-order valence-corrected chi connectivity index (χ4v) is 18.9. The number of aliphatic hydroxyl groups is 2. The minimum atomic E-state index is -1.48. The molecule has 0 saturated heterocycles. The van der Waals surface area contributed by atoms with Crippen molar-refractivity contribution in [3.05, 3.63) is 583 Å².